The molecule has 17 heavy (non-hydrogen) atoms. The van der Waals surface area contributed by atoms with Crippen molar-refractivity contribution in [3.63, 3.8) is 0 Å². The topological polar surface area (TPSA) is 55.6 Å². The van der Waals surface area contributed by atoms with Crippen LogP contribution in [0.5, 0.6) is 0 Å². The molecule has 1 atom stereocenters. The molecule has 0 aliphatic heterocycles. The predicted molar refractivity (Wildman–Crippen MR) is 74.0 cm³/mol. The van der Waals surface area contributed by atoms with Crippen molar-refractivity contribution in [1.82, 2.24) is 25.5 Å². The third-order valence-electron chi connectivity index (χ3n) is 2.44. The van der Waals surface area contributed by atoms with Crippen LogP contribution in [0.2, 0.25) is 0 Å². The van der Waals surface area contributed by atoms with Gasteiger partial charge in [0.25, 0.3) is 0 Å². The summed E-state index contributed by atoms with van der Waals surface area (Å²) < 4.78 is 2.94. The maximum atomic E-state index is 4.08. The van der Waals surface area contributed by atoms with E-state index in [1.165, 1.54) is 0 Å². The number of hydrogen-bond donors (Lipinski definition) is 1. The Morgan fingerprint density at radius 3 is 3.00 bits per heavy atom. The lowest BCUT2D eigenvalue weighted by molar-refractivity contribution is 0.550. The molecule has 5 nitrogen and oxygen atoms in total. The fourth-order valence-corrected chi connectivity index (χ4v) is 2.18. The minimum absolute atomic E-state index is 0.132. The first-order chi connectivity index (χ1) is 8.22. The molecular weight excluding hydrogens is 329 g/mol. The molecule has 2 aromatic rings. The van der Waals surface area contributed by atoms with E-state index in [0.29, 0.717) is 0 Å². The summed E-state index contributed by atoms with van der Waals surface area (Å²) in [4.78, 5) is 0. The van der Waals surface area contributed by atoms with Gasteiger partial charge in [-0.3, -0.25) is 0 Å². The monoisotopic (exact) mass is 343 g/mol. The van der Waals surface area contributed by atoms with Crippen LogP contribution in [0, 0.1) is 3.57 Å². The van der Waals surface area contributed by atoms with Crippen molar-refractivity contribution < 1.29 is 0 Å². The zero-order valence-electron chi connectivity index (χ0n) is 9.76. The highest BCUT2D eigenvalue weighted by atomic mass is 127. The molecule has 0 aliphatic carbocycles. The van der Waals surface area contributed by atoms with E-state index >= 15 is 0 Å². The van der Waals surface area contributed by atoms with Crippen molar-refractivity contribution in [2.75, 3.05) is 6.54 Å². The van der Waals surface area contributed by atoms with Crippen LogP contribution in [0.1, 0.15) is 25.7 Å². The smallest absolute Gasteiger partial charge is 0.173 e. The van der Waals surface area contributed by atoms with Crippen molar-refractivity contribution in [3.05, 3.63) is 33.7 Å². The van der Waals surface area contributed by atoms with Gasteiger partial charge in [-0.1, -0.05) is 13.0 Å². The van der Waals surface area contributed by atoms with Gasteiger partial charge in [0.05, 0.1) is 11.7 Å². The van der Waals surface area contributed by atoms with Gasteiger partial charge in [-0.25, -0.2) is 0 Å². The summed E-state index contributed by atoms with van der Waals surface area (Å²) in [6.45, 7) is 5.01. The third kappa shape index (κ3) is 2.81. The normalized spacial score (nSPS) is 12.6. The minimum atomic E-state index is 0.132. The highest BCUT2D eigenvalue weighted by Gasteiger charge is 2.14. The lowest BCUT2D eigenvalue weighted by Crippen LogP contribution is -2.21. The van der Waals surface area contributed by atoms with Crippen molar-refractivity contribution in [2.24, 2.45) is 0 Å². The summed E-state index contributed by atoms with van der Waals surface area (Å²) in [5.74, 6) is 0.828. The van der Waals surface area contributed by atoms with Gasteiger partial charge < -0.3 is 5.32 Å². The van der Waals surface area contributed by atoms with E-state index in [0.717, 1.165) is 21.6 Å². The van der Waals surface area contributed by atoms with Crippen LogP contribution in [-0.4, -0.2) is 26.8 Å². The van der Waals surface area contributed by atoms with Crippen LogP contribution in [0.4, 0.5) is 0 Å². The number of nitrogens with one attached hydrogen (secondary N) is 1. The number of hydrogen-bond acceptors (Lipinski definition) is 4. The zero-order chi connectivity index (χ0) is 12.3. The molecule has 1 unspecified atom stereocenters. The van der Waals surface area contributed by atoms with E-state index < -0.39 is 0 Å². The zero-order valence-corrected chi connectivity index (χ0v) is 11.9. The second-order valence-corrected chi connectivity index (χ2v) is 4.95. The third-order valence-corrected chi connectivity index (χ3v) is 3.11. The lowest BCUT2D eigenvalue weighted by atomic mass is 10.3. The summed E-state index contributed by atoms with van der Waals surface area (Å²) in [6.07, 6.45) is 0. The lowest BCUT2D eigenvalue weighted by Gasteiger charge is -2.12. The van der Waals surface area contributed by atoms with Gasteiger partial charge in [0.15, 0.2) is 5.82 Å². The number of tetrazole rings is 1. The Morgan fingerprint density at radius 1 is 1.47 bits per heavy atom. The highest BCUT2D eigenvalue weighted by molar-refractivity contribution is 14.1. The fourth-order valence-electron chi connectivity index (χ4n) is 1.65. The summed E-state index contributed by atoms with van der Waals surface area (Å²) in [6, 6.07) is 8.23. The van der Waals surface area contributed by atoms with Crippen molar-refractivity contribution >= 4 is 22.6 Å². The molecule has 0 saturated heterocycles. The largest absolute Gasteiger partial charge is 0.308 e. The maximum Gasteiger partial charge on any atom is 0.173 e. The van der Waals surface area contributed by atoms with Gasteiger partial charge in [-0.05, 0) is 64.7 Å². The summed E-state index contributed by atoms with van der Waals surface area (Å²) in [5.41, 5.74) is 0.988. The van der Waals surface area contributed by atoms with Crippen LogP contribution in [0.15, 0.2) is 24.3 Å². The van der Waals surface area contributed by atoms with Crippen molar-refractivity contribution in [2.45, 2.75) is 19.9 Å². The first kappa shape index (κ1) is 12.4. The Bertz CT molecular complexity index is 496. The van der Waals surface area contributed by atoms with Gasteiger partial charge in [0.1, 0.15) is 0 Å². The average molecular weight is 343 g/mol. The van der Waals surface area contributed by atoms with Crippen LogP contribution in [-0.2, 0) is 0 Å². The molecule has 2 rings (SSSR count). The number of rotatable bonds is 4. The Morgan fingerprint density at radius 2 is 2.29 bits per heavy atom. The molecule has 0 amide bonds. The van der Waals surface area contributed by atoms with E-state index in [1.807, 2.05) is 18.2 Å². The molecule has 1 heterocycles. The molecule has 0 aliphatic rings. The minimum Gasteiger partial charge on any atom is -0.308 e. The quantitative estimate of drug-likeness (QED) is 0.862. The first-order valence-corrected chi connectivity index (χ1v) is 6.58. The van der Waals surface area contributed by atoms with Gasteiger partial charge >= 0.3 is 0 Å². The number of nitrogens with zero attached hydrogens (tertiary/aromatic N) is 4. The summed E-state index contributed by atoms with van der Waals surface area (Å²) in [5, 5.41) is 15.2. The van der Waals surface area contributed by atoms with E-state index in [-0.39, 0.29) is 6.04 Å². The number of halogens is 1. The molecule has 1 aromatic heterocycles. The van der Waals surface area contributed by atoms with E-state index in [1.54, 1.807) is 4.68 Å². The van der Waals surface area contributed by atoms with Crippen LogP contribution < -0.4 is 5.32 Å². The number of aromatic nitrogens is 4. The molecule has 1 N–H and O–H groups in total. The first-order valence-electron chi connectivity index (χ1n) is 5.50. The van der Waals surface area contributed by atoms with Crippen molar-refractivity contribution in [1.29, 1.82) is 0 Å². The molecule has 90 valence electrons. The van der Waals surface area contributed by atoms with Gasteiger partial charge in [-0.2, -0.15) is 4.68 Å². The molecular formula is C11H14IN5. The number of benzene rings is 1. The average Bonchev–Trinajstić information content (AvgIpc) is 2.78. The van der Waals surface area contributed by atoms with Gasteiger partial charge in [-0.15, -0.1) is 5.10 Å². The van der Waals surface area contributed by atoms with Crippen LogP contribution >= 0.6 is 22.6 Å². The summed E-state index contributed by atoms with van der Waals surface area (Å²) in [7, 11) is 0. The second kappa shape index (κ2) is 5.54. The van der Waals surface area contributed by atoms with Crippen LogP contribution in [0.3, 0.4) is 0 Å². The van der Waals surface area contributed by atoms with Crippen LogP contribution in [0.25, 0.3) is 5.69 Å². The Labute approximate surface area is 114 Å². The SMILES string of the molecule is CCNC(C)c1nnnn1-c1cccc(I)c1. The summed E-state index contributed by atoms with van der Waals surface area (Å²) >= 11 is 2.28. The molecule has 0 bridgehead atoms. The van der Waals surface area contributed by atoms with E-state index in [9.17, 15) is 0 Å². The van der Waals surface area contributed by atoms with E-state index in [2.05, 4.69) is 63.3 Å². The Balaban J connectivity index is 2.36. The molecule has 0 spiro atoms. The van der Waals surface area contributed by atoms with E-state index in [4.69, 9.17) is 0 Å². The molecule has 1 aromatic carbocycles. The van der Waals surface area contributed by atoms with Gasteiger partial charge in [0.2, 0.25) is 0 Å². The Hall–Kier alpha value is -1.02. The highest BCUT2D eigenvalue weighted by Crippen LogP contribution is 2.15. The standard InChI is InChI=1S/C11H14IN5/c1-3-13-8(2)11-14-15-16-17(11)10-6-4-5-9(12)7-10/h4-8,13H,3H2,1-2H3. The molecule has 6 heteroatoms. The second-order valence-electron chi connectivity index (χ2n) is 3.71. The van der Waals surface area contributed by atoms with Crippen molar-refractivity contribution in [3.8, 4) is 5.69 Å². The molecule has 0 fully saturated rings. The van der Waals surface area contributed by atoms with Gasteiger partial charge in [0, 0.05) is 3.57 Å². The molecule has 0 radical (unpaired) electrons. The fraction of sp³-hybridized carbons (Fsp3) is 0.364. The molecule has 0 saturated carbocycles. The predicted octanol–water partition coefficient (Wildman–Crippen LogP) is 1.94. The maximum absolute atomic E-state index is 4.08. The Kier molecular flexibility index (Phi) is 4.06.